The van der Waals surface area contributed by atoms with Crippen LogP contribution >= 0.6 is 0 Å². The molecule has 4 aliphatic carbocycles. The summed E-state index contributed by atoms with van der Waals surface area (Å²) >= 11 is 0. The molecule has 1 aromatic heterocycles. The number of rotatable bonds is 1. The lowest BCUT2D eigenvalue weighted by molar-refractivity contribution is -0.111. The number of aliphatic hydroxyl groups is 1. The molecule has 0 amide bonds. The van der Waals surface area contributed by atoms with E-state index in [4.69, 9.17) is 5.10 Å². The molecule has 4 aliphatic rings. The van der Waals surface area contributed by atoms with Gasteiger partial charge in [-0.05, 0) is 104 Å². The van der Waals surface area contributed by atoms with Gasteiger partial charge in [-0.2, -0.15) is 5.10 Å². The predicted molar refractivity (Wildman–Crippen MR) is 115 cm³/mol. The van der Waals surface area contributed by atoms with Crippen molar-refractivity contribution in [2.75, 3.05) is 0 Å². The molecule has 0 bridgehead atoms. The molecule has 29 heavy (non-hydrogen) atoms. The third-order valence-corrected chi connectivity index (χ3v) is 9.92. The summed E-state index contributed by atoms with van der Waals surface area (Å²) < 4.78 is 2.11. The summed E-state index contributed by atoms with van der Waals surface area (Å²) in [5.41, 5.74) is 4.57. The Bertz CT molecular complexity index is 920. The Hall–Kier alpha value is -1.61. The monoisotopic (exact) mass is 390 g/mol. The number of aliphatic hydroxyl groups excluding tert-OH is 1. The zero-order valence-corrected chi connectivity index (χ0v) is 17.8. The van der Waals surface area contributed by atoms with Crippen LogP contribution in [0.15, 0.2) is 36.5 Å². The lowest BCUT2D eigenvalue weighted by Crippen LogP contribution is -2.54. The number of benzene rings is 1. The van der Waals surface area contributed by atoms with E-state index < -0.39 is 0 Å². The van der Waals surface area contributed by atoms with Crippen molar-refractivity contribution in [1.82, 2.24) is 9.78 Å². The van der Waals surface area contributed by atoms with E-state index in [1.807, 2.05) is 0 Å². The molecule has 154 valence electrons. The molecule has 0 unspecified atom stereocenters. The van der Waals surface area contributed by atoms with Crippen LogP contribution in [0.4, 0.5) is 0 Å². The van der Waals surface area contributed by atoms with Gasteiger partial charge in [0.2, 0.25) is 0 Å². The summed E-state index contributed by atoms with van der Waals surface area (Å²) in [6.45, 7) is 4.99. The van der Waals surface area contributed by atoms with E-state index in [0.717, 1.165) is 36.5 Å². The molecule has 0 radical (unpaired) electrons. The first-order chi connectivity index (χ1) is 14.0. The third kappa shape index (κ3) is 2.49. The van der Waals surface area contributed by atoms with Gasteiger partial charge in [-0.25, -0.2) is 4.68 Å². The highest BCUT2D eigenvalue weighted by molar-refractivity contribution is 5.35. The van der Waals surface area contributed by atoms with E-state index in [0.29, 0.717) is 5.41 Å². The largest absolute Gasteiger partial charge is 0.393 e. The summed E-state index contributed by atoms with van der Waals surface area (Å²) in [7, 11) is 0. The van der Waals surface area contributed by atoms with Crippen molar-refractivity contribution in [3.63, 3.8) is 0 Å². The predicted octanol–water partition coefficient (Wildman–Crippen LogP) is 5.19. The van der Waals surface area contributed by atoms with Gasteiger partial charge < -0.3 is 5.11 Å². The SMILES string of the molecule is C[C@]12Cc3cn(-c4ccccc4)nc3C[C@@H]1CC[C@@H]1[C@@H]2CC[C@]2(C)[C@@H](O)CC[C@@H]12. The second kappa shape index (κ2) is 6.20. The number of hydrogen-bond acceptors (Lipinski definition) is 2. The van der Waals surface area contributed by atoms with E-state index >= 15 is 0 Å². The van der Waals surface area contributed by atoms with Crippen molar-refractivity contribution < 1.29 is 5.11 Å². The zero-order valence-electron chi connectivity index (χ0n) is 17.8. The van der Waals surface area contributed by atoms with Crippen LogP contribution in [-0.4, -0.2) is 21.0 Å². The highest BCUT2D eigenvalue weighted by atomic mass is 16.3. The first kappa shape index (κ1) is 18.2. The zero-order chi connectivity index (χ0) is 19.8. The molecule has 7 atom stereocenters. The smallest absolute Gasteiger partial charge is 0.0664 e. The van der Waals surface area contributed by atoms with Gasteiger partial charge in [0.1, 0.15) is 0 Å². The first-order valence-corrected chi connectivity index (χ1v) is 11.8. The average molecular weight is 391 g/mol. The van der Waals surface area contributed by atoms with Gasteiger partial charge in [0, 0.05) is 6.20 Å². The Kier molecular flexibility index (Phi) is 3.89. The standard InChI is InChI=1S/C26H34N2O/c1-25-13-12-22-20(21(25)10-11-24(25)29)9-8-18-14-23-17(15-26(18,22)2)16-28(27-23)19-6-4-3-5-7-19/h3-7,16,18,20-22,24,29H,8-15H2,1-2H3/t18-,20-,21-,22-,24-,25-,26-/m0/s1. The molecule has 1 heterocycles. The highest BCUT2D eigenvalue weighted by Crippen LogP contribution is 2.65. The van der Waals surface area contributed by atoms with Gasteiger partial charge in [0.25, 0.3) is 0 Å². The summed E-state index contributed by atoms with van der Waals surface area (Å²) in [5.74, 6) is 3.14. The van der Waals surface area contributed by atoms with Crippen LogP contribution in [0.2, 0.25) is 0 Å². The molecule has 0 spiro atoms. The first-order valence-electron chi connectivity index (χ1n) is 11.8. The molecule has 3 heteroatoms. The van der Waals surface area contributed by atoms with Crippen molar-refractivity contribution in [2.45, 2.75) is 71.3 Å². The van der Waals surface area contributed by atoms with Crippen molar-refractivity contribution in [2.24, 2.45) is 34.5 Å². The average Bonchev–Trinajstić information content (AvgIpc) is 3.27. The molecule has 1 N–H and O–H groups in total. The summed E-state index contributed by atoms with van der Waals surface area (Å²) in [4.78, 5) is 0. The Morgan fingerprint density at radius 1 is 0.966 bits per heavy atom. The quantitative estimate of drug-likeness (QED) is 0.727. The van der Waals surface area contributed by atoms with Gasteiger partial charge in [-0.1, -0.05) is 32.0 Å². The maximum absolute atomic E-state index is 10.7. The van der Waals surface area contributed by atoms with Crippen LogP contribution in [0.5, 0.6) is 0 Å². The van der Waals surface area contributed by atoms with E-state index in [1.54, 1.807) is 0 Å². The lowest BCUT2D eigenvalue weighted by Gasteiger charge is -2.59. The van der Waals surface area contributed by atoms with Crippen molar-refractivity contribution in [3.05, 3.63) is 47.8 Å². The number of aromatic nitrogens is 2. The minimum Gasteiger partial charge on any atom is -0.393 e. The van der Waals surface area contributed by atoms with Gasteiger partial charge in [0.05, 0.1) is 17.5 Å². The van der Waals surface area contributed by atoms with Crippen LogP contribution in [-0.2, 0) is 12.8 Å². The van der Waals surface area contributed by atoms with Crippen molar-refractivity contribution in [3.8, 4) is 5.69 Å². The highest BCUT2D eigenvalue weighted by Gasteiger charge is 2.60. The van der Waals surface area contributed by atoms with Gasteiger partial charge >= 0.3 is 0 Å². The van der Waals surface area contributed by atoms with Gasteiger partial charge in [-0.15, -0.1) is 0 Å². The molecule has 0 aliphatic heterocycles. The van der Waals surface area contributed by atoms with E-state index in [1.165, 1.54) is 55.5 Å². The van der Waals surface area contributed by atoms with E-state index in [-0.39, 0.29) is 11.5 Å². The van der Waals surface area contributed by atoms with E-state index in [2.05, 4.69) is 55.1 Å². The normalized spacial score (nSPS) is 43.2. The molecular weight excluding hydrogens is 356 g/mol. The minimum atomic E-state index is -0.0685. The summed E-state index contributed by atoms with van der Waals surface area (Å²) in [6, 6.07) is 10.6. The number of para-hydroxylation sites is 1. The van der Waals surface area contributed by atoms with Crippen LogP contribution in [0.1, 0.15) is 63.6 Å². The summed E-state index contributed by atoms with van der Waals surface area (Å²) in [6.07, 6.45) is 12.1. The lowest BCUT2D eigenvalue weighted by atomic mass is 9.45. The molecule has 0 saturated heterocycles. The van der Waals surface area contributed by atoms with Crippen molar-refractivity contribution in [1.29, 1.82) is 0 Å². The molecule has 3 saturated carbocycles. The van der Waals surface area contributed by atoms with Gasteiger partial charge in [0.15, 0.2) is 0 Å². The second-order valence-corrected chi connectivity index (χ2v) is 11.1. The molecule has 6 rings (SSSR count). The van der Waals surface area contributed by atoms with Crippen LogP contribution < -0.4 is 0 Å². The molecular formula is C26H34N2O. The fourth-order valence-corrected chi connectivity index (χ4v) is 8.24. The topological polar surface area (TPSA) is 38.0 Å². The molecule has 3 nitrogen and oxygen atoms in total. The molecule has 3 fully saturated rings. The minimum absolute atomic E-state index is 0.0685. The Balaban J connectivity index is 1.33. The Morgan fingerprint density at radius 3 is 2.59 bits per heavy atom. The fraction of sp³-hybridized carbons (Fsp3) is 0.654. The third-order valence-electron chi connectivity index (χ3n) is 9.92. The molecule has 2 aromatic rings. The van der Waals surface area contributed by atoms with Crippen molar-refractivity contribution >= 4 is 0 Å². The second-order valence-electron chi connectivity index (χ2n) is 11.1. The van der Waals surface area contributed by atoms with Crippen LogP contribution in [0.3, 0.4) is 0 Å². The maximum atomic E-state index is 10.7. The summed E-state index contributed by atoms with van der Waals surface area (Å²) in [5, 5.41) is 15.7. The number of nitrogens with zero attached hydrogens (tertiary/aromatic N) is 2. The van der Waals surface area contributed by atoms with Crippen LogP contribution in [0.25, 0.3) is 5.69 Å². The number of fused-ring (bicyclic) bond motifs is 6. The maximum Gasteiger partial charge on any atom is 0.0664 e. The van der Waals surface area contributed by atoms with Crippen LogP contribution in [0, 0.1) is 34.5 Å². The van der Waals surface area contributed by atoms with E-state index in [9.17, 15) is 5.11 Å². The Morgan fingerprint density at radius 2 is 1.76 bits per heavy atom. The Labute approximate surface area is 174 Å². The molecule has 1 aromatic carbocycles. The fourth-order valence-electron chi connectivity index (χ4n) is 8.24. The number of hydrogen-bond donors (Lipinski definition) is 1. The van der Waals surface area contributed by atoms with Gasteiger partial charge in [-0.3, -0.25) is 0 Å².